The highest BCUT2D eigenvalue weighted by atomic mass is 16.5. The van der Waals surface area contributed by atoms with Gasteiger partial charge in [0.1, 0.15) is 12.4 Å². The zero-order valence-corrected chi connectivity index (χ0v) is 10.1. The van der Waals surface area contributed by atoms with Crippen molar-refractivity contribution in [2.45, 2.75) is 13.5 Å². The Morgan fingerprint density at radius 1 is 1.44 bits per heavy atom. The van der Waals surface area contributed by atoms with Crippen molar-refractivity contribution in [3.8, 4) is 5.75 Å². The second-order valence-corrected chi connectivity index (χ2v) is 3.90. The van der Waals surface area contributed by atoms with Gasteiger partial charge < -0.3 is 9.84 Å². The van der Waals surface area contributed by atoms with E-state index in [-0.39, 0.29) is 5.56 Å². The molecule has 0 saturated carbocycles. The molecule has 0 unspecified atom stereocenters. The quantitative estimate of drug-likeness (QED) is 0.883. The van der Waals surface area contributed by atoms with Gasteiger partial charge in [-0.05, 0) is 19.1 Å². The van der Waals surface area contributed by atoms with Gasteiger partial charge in [0, 0.05) is 13.2 Å². The average molecular weight is 247 g/mol. The number of pyridine rings is 1. The third-order valence-electron chi connectivity index (χ3n) is 2.45. The minimum atomic E-state index is -1.02. The lowest BCUT2D eigenvalue weighted by atomic mass is 10.3. The lowest BCUT2D eigenvalue weighted by molar-refractivity contribution is 0.0696. The van der Waals surface area contributed by atoms with Crippen LogP contribution in [0.2, 0.25) is 0 Å². The predicted octanol–water partition coefficient (Wildman–Crippen LogP) is 1.40. The fourth-order valence-corrected chi connectivity index (χ4v) is 1.57. The first kappa shape index (κ1) is 12.1. The third-order valence-corrected chi connectivity index (χ3v) is 2.45. The van der Waals surface area contributed by atoms with Gasteiger partial charge in [0.2, 0.25) is 0 Å². The molecule has 0 atom stereocenters. The maximum absolute atomic E-state index is 10.8. The van der Waals surface area contributed by atoms with Crippen LogP contribution in [0.15, 0.2) is 24.5 Å². The number of aryl methyl sites for hydroxylation is 2. The van der Waals surface area contributed by atoms with Gasteiger partial charge in [-0.3, -0.25) is 9.67 Å². The molecule has 2 rings (SSSR count). The highest BCUT2D eigenvalue weighted by molar-refractivity contribution is 5.87. The first-order chi connectivity index (χ1) is 8.56. The Hall–Kier alpha value is -2.37. The lowest BCUT2D eigenvalue weighted by Gasteiger charge is -2.06. The Kier molecular flexibility index (Phi) is 3.27. The summed E-state index contributed by atoms with van der Waals surface area (Å²) in [6.07, 6.45) is 2.76. The number of hydrogen-bond acceptors (Lipinski definition) is 4. The number of carbonyl (C=O) groups is 1. The Balaban J connectivity index is 2.08. The van der Waals surface area contributed by atoms with E-state index in [1.165, 1.54) is 18.5 Å². The second kappa shape index (κ2) is 4.87. The summed E-state index contributed by atoms with van der Waals surface area (Å²) >= 11 is 0. The number of ether oxygens (including phenoxy) is 1. The standard InChI is InChI=1S/C12H13N3O3/c1-8-3-10(15(2)14-8)7-18-11-4-9(12(16)17)5-13-6-11/h3-6H,7H2,1-2H3,(H,16,17). The van der Waals surface area contributed by atoms with Crippen LogP contribution in [0.3, 0.4) is 0 Å². The molecule has 0 bridgehead atoms. The highest BCUT2D eigenvalue weighted by Gasteiger charge is 2.06. The van der Waals surface area contributed by atoms with Gasteiger partial charge in [-0.2, -0.15) is 5.10 Å². The van der Waals surface area contributed by atoms with E-state index in [4.69, 9.17) is 9.84 Å². The van der Waals surface area contributed by atoms with Crippen molar-refractivity contribution in [2.24, 2.45) is 7.05 Å². The molecule has 1 N–H and O–H groups in total. The van der Waals surface area contributed by atoms with Gasteiger partial charge >= 0.3 is 5.97 Å². The minimum Gasteiger partial charge on any atom is -0.486 e. The topological polar surface area (TPSA) is 77.2 Å². The van der Waals surface area contributed by atoms with Crippen molar-refractivity contribution in [1.29, 1.82) is 0 Å². The Labute approximate surface area is 104 Å². The summed E-state index contributed by atoms with van der Waals surface area (Å²) in [4.78, 5) is 14.6. The predicted molar refractivity (Wildman–Crippen MR) is 63.5 cm³/mol. The van der Waals surface area contributed by atoms with Gasteiger partial charge in [0.25, 0.3) is 0 Å². The molecule has 18 heavy (non-hydrogen) atoms. The van der Waals surface area contributed by atoms with Gasteiger partial charge in [-0.1, -0.05) is 0 Å². The molecule has 0 aliphatic rings. The largest absolute Gasteiger partial charge is 0.486 e. The molecule has 0 amide bonds. The smallest absolute Gasteiger partial charge is 0.337 e. The van der Waals surface area contributed by atoms with Gasteiger partial charge in [0.15, 0.2) is 0 Å². The number of nitrogens with zero attached hydrogens (tertiary/aromatic N) is 3. The van der Waals surface area contributed by atoms with Crippen LogP contribution in [-0.4, -0.2) is 25.8 Å². The van der Waals surface area contributed by atoms with Gasteiger partial charge in [-0.15, -0.1) is 0 Å². The molecule has 94 valence electrons. The van der Waals surface area contributed by atoms with Crippen molar-refractivity contribution in [2.75, 3.05) is 0 Å². The van der Waals surface area contributed by atoms with Crippen LogP contribution in [0.5, 0.6) is 5.75 Å². The zero-order valence-electron chi connectivity index (χ0n) is 10.1. The normalized spacial score (nSPS) is 10.3. The van der Waals surface area contributed by atoms with Crippen molar-refractivity contribution in [3.63, 3.8) is 0 Å². The molecule has 0 aliphatic heterocycles. The monoisotopic (exact) mass is 247 g/mol. The van der Waals surface area contributed by atoms with E-state index in [0.29, 0.717) is 12.4 Å². The molecule has 0 aliphatic carbocycles. The summed E-state index contributed by atoms with van der Waals surface area (Å²) in [7, 11) is 1.83. The highest BCUT2D eigenvalue weighted by Crippen LogP contribution is 2.13. The number of hydrogen-bond donors (Lipinski definition) is 1. The summed E-state index contributed by atoms with van der Waals surface area (Å²) in [5.74, 6) is -0.599. The maximum Gasteiger partial charge on any atom is 0.337 e. The van der Waals surface area contributed by atoms with E-state index in [0.717, 1.165) is 11.4 Å². The van der Waals surface area contributed by atoms with E-state index >= 15 is 0 Å². The summed E-state index contributed by atoms with van der Waals surface area (Å²) in [5.41, 5.74) is 1.93. The molecule has 2 aromatic heterocycles. The second-order valence-electron chi connectivity index (χ2n) is 3.90. The molecule has 0 saturated heterocycles. The summed E-state index contributed by atoms with van der Waals surface area (Å²) in [6.45, 7) is 2.22. The van der Waals surface area contributed by atoms with E-state index in [1.54, 1.807) is 4.68 Å². The Bertz CT molecular complexity index is 578. The molecular weight excluding hydrogens is 234 g/mol. The fourth-order valence-electron chi connectivity index (χ4n) is 1.57. The van der Waals surface area contributed by atoms with E-state index in [2.05, 4.69) is 10.1 Å². The van der Waals surface area contributed by atoms with Crippen LogP contribution in [0.4, 0.5) is 0 Å². The molecule has 0 fully saturated rings. The molecule has 6 nitrogen and oxygen atoms in total. The first-order valence-corrected chi connectivity index (χ1v) is 5.37. The van der Waals surface area contributed by atoms with Crippen LogP contribution in [-0.2, 0) is 13.7 Å². The third kappa shape index (κ3) is 2.65. The van der Waals surface area contributed by atoms with Crippen LogP contribution in [0.1, 0.15) is 21.7 Å². The van der Waals surface area contributed by atoms with Gasteiger partial charge in [-0.25, -0.2) is 4.79 Å². The molecular formula is C12H13N3O3. The molecule has 0 aromatic carbocycles. The number of aromatic nitrogens is 3. The zero-order chi connectivity index (χ0) is 13.1. The maximum atomic E-state index is 10.8. The number of aromatic carboxylic acids is 1. The number of carboxylic acids is 1. The Morgan fingerprint density at radius 3 is 2.83 bits per heavy atom. The average Bonchev–Trinajstić information content (AvgIpc) is 2.65. The summed E-state index contributed by atoms with van der Waals surface area (Å²) in [5, 5.41) is 13.0. The SMILES string of the molecule is Cc1cc(COc2cncc(C(=O)O)c2)n(C)n1. The molecule has 2 heterocycles. The molecule has 0 radical (unpaired) electrons. The fraction of sp³-hybridized carbons (Fsp3) is 0.250. The van der Waals surface area contributed by atoms with E-state index < -0.39 is 5.97 Å². The molecule has 6 heteroatoms. The van der Waals surface area contributed by atoms with E-state index in [1.807, 2.05) is 20.0 Å². The van der Waals surface area contributed by atoms with Crippen molar-refractivity contribution in [3.05, 3.63) is 41.5 Å². The number of rotatable bonds is 4. The van der Waals surface area contributed by atoms with Crippen LogP contribution in [0, 0.1) is 6.92 Å². The minimum absolute atomic E-state index is 0.105. The summed E-state index contributed by atoms with van der Waals surface area (Å²) < 4.78 is 7.22. The molecule has 2 aromatic rings. The molecule has 0 spiro atoms. The lowest BCUT2D eigenvalue weighted by Crippen LogP contribution is -2.04. The van der Waals surface area contributed by atoms with Crippen molar-refractivity contribution in [1.82, 2.24) is 14.8 Å². The van der Waals surface area contributed by atoms with Gasteiger partial charge in [0.05, 0.1) is 23.1 Å². The first-order valence-electron chi connectivity index (χ1n) is 5.37. The van der Waals surface area contributed by atoms with Crippen LogP contribution < -0.4 is 4.74 Å². The Morgan fingerprint density at radius 2 is 2.22 bits per heavy atom. The summed E-state index contributed by atoms with van der Waals surface area (Å²) in [6, 6.07) is 3.35. The van der Waals surface area contributed by atoms with E-state index in [9.17, 15) is 4.79 Å². The number of carboxylic acid groups (broad SMARTS) is 1. The van der Waals surface area contributed by atoms with Crippen molar-refractivity contribution >= 4 is 5.97 Å². The van der Waals surface area contributed by atoms with Crippen LogP contribution >= 0.6 is 0 Å². The van der Waals surface area contributed by atoms with Crippen LogP contribution in [0.25, 0.3) is 0 Å². The van der Waals surface area contributed by atoms with Crippen molar-refractivity contribution < 1.29 is 14.6 Å².